The quantitative estimate of drug-likeness (QED) is 0.497. The Bertz CT molecular complexity index is 752. The van der Waals surface area contributed by atoms with Gasteiger partial charge in [-0.05, 0) is 24.3 Å². The average molecular weight is 316 g/mol. The molecule has 0 aliphatic heterocycles. The second-order valence-electron chi connectivity index (χ2n) is 4.77. The van der Waals surface area contributed by atoms with Gasteiger partial charge in [0.05, 0.1) is 24.7 Å². The molecule has 0 unspecified atom stereocenters. The maximum absolute atomic E-state index is 11.8. The first-order valence-corrected chi connectivity index (χ1v) is 6.76. The van der Waals surface area contributed by atoms with Crippen molar-refractivity contribution in [2.24, 2.45) is 12.1 Å². The Morgan fingerprint density at radius 1 is 1.48 bits per heavy atom. The molecule has 8 heteroatoms. The summed E-state index contributed by atoms with van der Waals surface area (Å²) in [5.41, 5.74) is 3.57. The monoisotopic (exact) mass is 316 g/mol. The fraction of sp³-hybridized carbons (Fsp3) is 0.200. The summed E-state index contributed by atoms with van der Waals surface area (Å²) in [7, 11) is 3.21. The molecule has 0 spiro atoms. The zero-order valence-electron chi connectivity index (χ0n) is 12.7. The van der Waals surface area contributed by atoms with Gasteiger partial charge in [-0.1, -0.05) is 0 Å². The third kappa shape index (κ3) is 4.16. The van der Waals surface area contributed by atoms with Crippen LogP contribution in [-0.2, 0) is 18.3 Å². The number of rotatable bonds is 6. The van der Waals surface area contributed by atoms with Crippen molar-refractivity contribution in [3.05, 3.63) is 57.9 Å². The lowest BCUT2D eigenvalue weighted by Gasteiger charge is -2.03. The third-order valence-electron chi connectivity index (χ3n) is 3.20. The first-order chi connectivity index (χ1) is 11.0. The smallest absolute Gasteiger partial charge is 0.311 e. The molecular formula is C15H16N4O4. The van der Waals surface area contributed by atoms with Gasteiger partial charge in [-0.15, -0.1) is 0 Å². The van der Waals surface area contributed by atoms with Crippen molar-refractivity contribution in [2.45, 2.75) is 6.42 Å². The molecule has 8 nitrogen and oxygen atoms in total. The highest BCUT2D eigenvalue weighted by molar-refractivity contribution is 5.84. The highest BCUT2D eigenvalue weighted by Gasteiger charge is 2.14. The number of carbonyl (C=O) groups excluding carboxylic acids is 1. The van der Waals surface area contributed by atoms with Gasteiger partial charge in [0.25, 0.3) is 0 Å². The lowest BCUT2D eigenvalue weighted by Crippen LogP contribution is -2.20. The van der Waals surface area contributed by atoms with Gasteiger partial charge in [-0.3, -0.25) is 14.9 Å². The summed E-state index contributed by atoms with van der Waals surface area (Å²) in [6, 6.07) is 8.11. The molecule has 0 atom stereocenters. The molecule has 0 radical (unpaired) electrons. The van der Waals surface area contributed by atoms with Crippen molar-refractivity contribution in [3.8, 4) is 5.75 Å². The molecule has 1 N–H and O–H groups in total. The van der Waals surface area contributed by atoms with E-state index in [-0.39, 0.29) is 23.8 Å². The number of amides is 1. The summed E-state index contributed by atoms with van der Waals surface area (Å²) in [6.07, 6.45) is 3.39. The number of hydrazone groups is 1. The van der Waals surface area contributed by atoms with Crippen LogP contribution in [0.1, 0.15) is 11.3 Å². The van der Waals surface area contributed by atoms with E-state index in [9.17, 15) is 14.9 Å². The van der Waals surface area contributed by atoms with Crippen molar-refractivity contribution in [2.75, 3.05) is 7.11 Å². The summed E-state index contributed by atoms with van der Waals surface area (Å²) in [4.78, 5) is 22.2. The third-order valence-corrected chi connectivity index (χ3v) is 3.20. The Hall–Kier alpha value is -3.16. The van der Waals surface area contributed by atoms with Gasteiger partial charge in [0.15, 0.2) is 5.75 Å². The van der Waals surface area contributed by atoms with Crippen LogP contribution < -0.4 is 10.2 Å². The summed E-state index contributed by atoms with van der Waals surface area (Å²) in [5, 5.41) is 14.7. The van der Waals surface area contributed by atoms with E-state index in [0.717, 1.165) is 5.69 Å². The normalized spacial score (nSPS) is 10.7. The van der Waals surface area contributed by atoms with E-state index < -0.39 is 4.92 Å². The minimum absolute atomic E-state index is 0.161. The van der Waals surface area contributed by atoms with Crippen LogP contribution in [0.15, 0.2) is 41.6 Å². The van der Waals surface area contributed by atoms with Crippen molar-refractivity contribution in [1.29, 1.82) is 0 Å². The van der Waals surface area contributed by atoms with Crippen molar-refractivity contribution >= 4 is 17.8 Å². The Morgan fingerprint density at radius 2 is 2.26 bits per heavy atom. The first-order valence-electron chi connectivity index (χ1n) is 6.76. The second kappa shape index (κ2) is 7.21. The first kappa shape index (κ1) is 16.2. The highest BCUT2D eigenvalue weighted by atomic mass is 16.6. The molecule has 0 saturated heterocycles. The molecule has 0 aliphatic carbocycles. The van der Waals surface area contributed by atoms with E-state index in [1.165, 1.54) is 25.5 Å². The second-order valence-corrected chi connectivity index (χ2v) is 4.77. The largest absolute Gasteiger partial charge is 0.490 e. The number of nitrogens with zero attached hydrogens (tertiary/aromatic N) is 3. The van der Waals surface area contributed by atoms with Crippen LogP contribution in [0.4, 0.5) is 5.69 Å². The van der Waals surface area contributed by atoms with E-state index in [1.54, 1.807) is 6.07 Å². The fourth-order valence-corrected chi connectivity index (χ4v) is 1.99. The summed E-state index contributed by atoms with van der Waals surface area (Å²) >= 11 is 0. The number of ether oxygens (including phenoxy) is 1. The molecule has 1 heterocycles. The fourth-order valence-electron chi connectivity index (χ4n) is 1.99. The number of nitrogens with one attached hydrogen (secondary N) is 1. The summed E-state index contributed by atoms with van der Waals surface area (Å²) in [6.45, 7) is 0. The van der Waals surface area contributed by atoms with Gasteiger partial charge in [-0.25, -0.2) is 5.43 Å². The average Bonchev–Trinajstić information content (AvgIpc) is 2.92. The topological polar surface area (TPSA) is 98.8 Å². The van der Waals surface area contributed by atoms with Crippen molar-refractivity contribution in [3.63, 3.8) is 0 Å². The zero-order valence-corrected chi connectivity index (χ0v) is 12.7. The summed E-state index contributed by atoms with van der Waals surface area (Å²) < 4.78 is 6.76. The van der Waals surface area contributed by atoms with Crippen molar-refractivity contribution in [1.82, 2.24) is 9.99 Å². The number of methoxy groups -OCH3 is 1. The molecule has 0 saturated carbocycles. The number of aromatic nitrogens is 1. The molecule has 2 aromatic rings. The molecular weight excluding hydrogens is 300 g/mol. The SMILES string of the molecule is COc1ccc(/C=N/NC(=O)Cc2cccn2C)cc1[N+](=O)[O-]. The number of benzene rings is 1. The van der Waals surface area contributed by atoms with Crippen LogP contribution >= 0.6 is 0 Å². The van der Waals surface area contributed by atoms with Crippen molar-refractivity contribution < 1.29 is 14.5 Å². The Balaban J connectivity index is 2.00. The van der Waals surface area contributed by atoms with Crippen LogP contribution in [0.2, 0.25) is 0 Å². The standard InChI is InChI=1S/C15H16N4O4/c1-18-7-3-4-12(18)9-15(20)17-16-10-11-5-6-14(23-2)13(8-11)19(21)22/h3-8,10H,9H2,1-2H3,(H,17,20)/b16-10+. The van der Waals surface area contributed by atoms with Crippen LogP contribution in [-0.4, -0.2) is 28.7 Å². The van der Waals surface area contributed by atoms with E-state index in [2.05, 4.69) is 10.5 Å². The lowest BCUT2D eigenvalue weighted by molar-refractivity contribution is -0.385. The number of hydrogen-bond acceptors (Lipinski definition) is 5. The minimum Gasteiger partial charge on any atom is -0.490 e. The molecule has 0 fully saturated rings. The van der Waals surface area contributed by atoms with Crippen LogP contribution in [0.5, 0.6) is 5.75 Å². The van der Waals surface area contributed by atoms with E-state index in [0.29, 0.717) is 5.56 Å². The molecule has 1 aromatic heterocycles. The van der Waals surface area contributed by atoms with Gasteiger partial charge in [0.2, 0.25) is 5.91 Å². The van der Waals surface area contributed by atoms with Gasteiger partial charge >= 0.3 is 5.69 Å². The highest BCUT2D eigenvalue weighted by Crippen LogP contribution is 2.26. The Morgan fingerprint density at radius 3 is 2.87 bits per heavy atom. The van der Waals surface area contributed by atoms with Crippen LogP contribution in [0.25, 0.3) is 0 Å². The predicted octanol–water partition coefficient (Wildman–Crippen LogP) is 1.63. The molecule has 23 heavy (non-hydrogen) atoms. The lowest BCUT2D eigenvalue weighted by atomic mass is 10.2. The molecule has 120 valence electrons. The molecule has 1 aromatic carbocycles. The van der Waals surface area contributed by atoms with Gasteiger partial charge in [-0.2, -0.15) is 5.10 Å². The maximum Gasteiger partial charge on any atom is 0.311 e. The van der Waals surface area contributed by atoms with Gasteiger partial charge in [0.1, 0.15) is 0 Å². The van der Waals surface area contributed by atoms with E-state index in [4.69, 9.17) is 4.74 Å². The Kier molecular flexibility index (Phi) is 5.08. The number of hydrogen-bond donors (Lipinski definition) is 1. The van der Waals surface area contributed by atoms with Crippen LogP contribution in [0.3, 0.4) is 0 Å². The minimum atomic E-state index is -0.538. The zero-order chi connectivity index (χ0) is 16.8. The Labute approximate surface area is 132 Å². The van der Waals surface area contributed by atoms with E-state index in [1.807, 2.05) is 29.9 Å². The molecule has 0 aliphatic rings. The number of carbonyl (C=O) groups is 1. The molecule has 2 rings (SSSR count). The van der Waals surface area contributed by atoms with Gasteiger partial charge in [0, 0.05) is 30.6 Å². The predicted molar refractivity (Wildman–Crippen MR) is 84.5 cm³/mol. The molecule has 1 amide bonds. The molecule has 0 bridgehead atoms. The van der Waals surface area contributed by atoms with Gasteiger partial charge < -0.3 is 9.30 Å². The number of aryl methyl sites for hydroxylation is 1. The number of nitro groups is 1. The summed E-state index contributed by atoms with van der Waals surface area (Å²) in [5.74, 6) is -0.106. The van der Waals surface area contributed by atoms with E-state index >= 15 is 0 Å². The maximum atomic E-state index is 11.8. The van der Waals surface area contributed by atoms with Crippen LogP contribution in [0, 0.1) is 10.1 Å². The number of nitro benzene ring substituents is 1.